The summed E-state index contributed by atoms with van der Waals surface area (Å²) in [5.41, 5.74) is 1.13. The molecule has 23 heavy (non-hydrogen) atoms. The number of aromatic nitrogens is 1. The van der Waals surface area contributed by atoms with E-state index in [1.807, 2.05) is 30.3 Å². The molecule has 0 saturated heterocycles. The highest BCUT2D eigenvalue weighted by atomic mass is 16.5. The molecule has 0 aliphatic heterocycles. The first-order chi connectivity index (χ1) is 11.0. The number of benzene rings is 1. The van der Waals surface area contributed by atoms with Gasteiger partial charge >= 0.3 is 5.97 Å². The van der Waals surface area contributed by atoms with Crippen molar-refractivity contribution < 1.29 is 14.3 Å². The maximum atomic E-state index is 12.3. The van der Waals surface area contributed by atoms with Crippen LogP contribution >= 0.6 is 0 Å². The van der Waals surface area contributed by atoms with E-state index in [0.29, 0.717) is 5.56 Å². The number of para-hydroxylation sites is 1. The third-order valence-electron chi connectivity index (χ3n) is 3.45. The SMILES string of the molecule is COC(=O)[C@@H](C[C@H](C)C#N)NC(=O)c1cnc2ccccc2c1. The summed E-state index contributed by atoms with van der Waals surface area (Å²) in [6, 6.07) is 10.3. The number of amides is 1. The van der Waals surface area contributed by atoms with Crippen molar-refractivity contribution in [3.05, 3.63) is 42.1 Å². The first-order valence-electron chi connectivity index (χ1n) is 7.18. The lowest BCUT2D eigenvalue weighted by molar-refractivity contribution is -0.143. The second-order valence-corrected chi connectivity index (χ2v) is 5.23. The van der Waals surface area contributed by atoms with Crippen molar-refractivity contribution in [1.82, 2.24) is 10.3 Å². The number of carbonyl (C=O) groups excluding carboxylic acids is 2. The fourth-order valence-electron chi connectivity index (χ4n) is 2.20. The van der Waals surface area contributed by atoms with Crippen molar-refractivity contribution in [1.29, 1.82) is 5.26 Å². The van der Waals surface area contributed by atoms with Crippen LogP contribution in [0, 0.1) is 17.2 Å². The molecule has 2 rings (SSSR count). The molecule has 0 fully saturated rings. The van der Waals surface area contributed by atoms with Gasteiger partial charge in [0.25, 0.3) is 5.91 Å². The van der Waals surface area contributed by atoms with Gasteiger partial charge in [0.1, 0.15) is 6.04 Å². The van der Waals surface area contributed by atoms with E-state index in [9.17, 15) is 9.59 Å². The van der Waals surface area contributed by atoms with E-state index in [0.717, 1.165) is 10.9 Å². The molecule has 0 unspecified atom stereocenters. The van der Waals surface area contributed by atoms with Crippen LogP contribution in [0.15, 0.2) is 36.5 Å². The van der Waals surface area contributed by atoms with E-state index in [1.54, 1.807) is 13.0 Å². The van der Waals surface area contributed by atoms with Gasteiger partial charge in [0.05, 0.1) is 24.3 Å². The molecule has 1 amide bonds. The van der Waals surface area contributed by atoms with Crippen LogP contribution in [-0.4, -0.2) is 30.0 Å². The molecular formula is C17H17N3O3. The number of pyridine rings is 1. The first-order valence-corrected chi connectivity index (χ1v) is 7.18. The number of esters is 1. The third kappa shape index (κ3) is 4.04. The summed E-state index contributed by atoms with van der Waals surface area (Å²) in [4.78, 5) is 28.4. The number of carbonyl (C=O) groups is 2. The summed E-state index contributed by atoms with van der Waals surface area (Å²) in [7, 11) is 1.25. The minimum atomic E-state index is -0.867. The standard InChI is InChI=1S/C17H17N3O3/c1-11(9-18)7-15(17(22)23-2)20-16(21)13-8-12-5-3-4-6-14(12)19-10-13/h3-6,8,10-11,15H,7H2,1-2H3,(H,20,21)/t11-,15+/m0/s1. The lowest BCUT2D eigenvalue weighted by atomic mass is 10.0. The lowest BCUT2D eigenvalue weighted by Gasteiger charge is -2.17. The number of nitrogens with one attached hydrogen (secondary N) is 1. The predicted octanol–water partition coefficient (Wildman–Crippen LogP) is 2.06. The zero-order valence-electron chi connectivity index (χ0n) is 12.9. The number of nitriles is 1. The molecular weight excluding hydrogens is 294 g/mol. The number of hydrogen-bond acceptors (Lipinski definition) is 5. The fraction of sp³-hybridized carbons (Fsp3) is 0.294. The summed E-state index contributed by atoms with van der Waals surface area (Å²) < 4.78 is 4.69. The second-order valence-electron chi connectivity index (χ2n) is 5.23. The largest absolute Gasteiger partial charge is 0.467 e. The van der Waals surface area contributed by atoms with E-state index < -0.39 is 17.9 Å². The molecule has 0 aliphatic carbocycles. The first kappa shape index (κ1) is 16.4. The van der Waals surface area contributed by atoms with Crippen LogP contribution in [0.25, 0.3) is 10.9 Å². The summed E-state index contributed by atoms with van der Waals surface area (Å²) in [5, 5.41) is 12.3. The molecule has 2 atom stereocenters. The van der Waals surface area contributed by atoms with Crippen LogP contribution in [0.1, 0.15) is 23.7 Å². The van der Waals surface area contributed by atoms with Gasteiger partial charge in [0.2, 0.25) is 0 Å². The summed E-state index contributed by atoms with van der Waals surface area (Å²) in [6.07, 6.45) is 1.65. The maximum Gasteiger partial charge on any atom is 0.328 e. The Hall–Kier alpha value is -2.94. The summed E-state index contributed by atoms with van der Waals surface area (Å²) in [6.45, 7) is 1.68. The Morgan fingerprint density at radius 2 is 2.13 bits per heavy atom. The van der Waals surface area contributed by atoms with Crippen LogP contribution < -0.4 is 5.32 Å². The van der Waals surface area contributed by atoms with Crippen molar-refractivity contribution in [2.75, 3.05) is 7.11 Å². The van der Waals surface area contributed by atoms with Gasteiger partial charge in [-0.05, 0) is 25.5 Å². The Morgan fingerprint density at radius 3 is 2.83 bits per heavy atom. The van der Waals surface area contributed by atoms with Crippen LogP contribution in [0.4, 0.5) is 0 Å². The average Bonchev–Trinajstić information content (AvgIpc) is 2.59. The van der Waals surface area contributed by atoms with Gasteiger partial charge in [0, 0.05) is 17.5 Å². The molecule has 6 heteroatoms. The van der Waals surface area contributed by atoms with Crippen molar-refractivity contribution >= 4 is 22.8 Å². The minimum Gasteiger partial charge on any atom is -0.467 e. The Kier molecular flexibility index (Phi) is 5.26. The van der Waals surface area contributed by atoms with Crippen LogP contribution in [-0.2, 0) is 9.53 Å². The lowest BCUT2D eigenvalue weighted by Crippen LogP contribution is -2.42. The second kappa shape index (κ2) is 7.36. The van der Waals surface area contributed by atoms with Gasteiger partial charge < -0.3 is 10.1 Å². The highest BCUT2D eigenvalue weighted by molar-refractivity contribution is 5.99. The quantitative estimate of drug-likeness (QED) is 0.853. The third-order valence-corrected chi connectivity index (χ3v) is 3.45. The van der Waals surface area contributed by atoms with Crippen molar-refractivity contribution in [2.24, 2.45) is 5.92 Å². The zero-order valence-corrected chi connectivity index (χ0v) is 12.9. The molecule has 2 aromatic rings. The van der Waals surface area contributed by atoms with Gasteiger partial charge in [-0.25, -0.2) is 4.79 Å². The molecule has 6 nitrogen and oxygen atoms in total. The number of rotatable bonds is 5. The normalized spacial score (nSPS) is 12.9. The van der Waals surface area contributed by atoms with Crippen LogP contribution in [0.5, 0.6) is 0 Å². The smallest absolute Gasteiger partial charge is 0.328 e. The zero-order chi connectivity index (χ0) is 16.8. The van der Waals surface area contributed by atoms with Crippen molar-refractivity contribution in [2.45, 2.75) is 19.4 Å². The summed E-state index contributed by atoms with van der Waals surface area (Å²) >= 11 is 0. The van der Waals surface area contributed by atoms with Crippen molar-refractivity contribution in [3.8, 4) is 6.07 Å². The molecule has 1 aromatic heterocycles. The monoisotopic (exact) mass is 311 g/mol. The Labute approximate surface area is 134 Å². The van der Waals surface area contributed by atoms with Gasteiger partial charge in [-0.15, -0.1) is 0 Å². The molecule has 1 aromatic carbocycles. The van der Waals surface area contributed by atoms with E-state index in [4.69, 9.17) is 5.26 Å². The molecule has 0 aliphatic rings. The van der Waals surface area contributed by atoms with Crippen LogP contribution in [0.3, 0.4) is 0 Å². The van der Waals surface area contributed by atoms with E-state index >= 15 is 0 Å². The number of fused-ring (bicyclic) bond motifs is 1. The van der Waals surface area contributed by atoms with E-state index in [1.165, 1.54) is 13.3 Å². The average molecular weight is 311 g/mol. The Balaban J connectivity index is 2.19. The molecule has 1 heterocycles. The van der Waals surface area contributed by atoms with E-state index in [-0.39, 0.29) is 12.3 Å². The Morgan fingerprint density at radius 1 is 1.39 bits per heavy atom. The van der Waals surface area contributed by atoms with E-state index in [2.05, 4.69) is 15.0 Å². The van der Waals surface area contributed by atoms with Crippen LogP contribution in [0.2, 0.25) is 0 Å². The minimum absolute atomic E-state index is 0.190. The molecule has 0 saturated carbocycles. The Bertz CT molecular complexity index is 767. The number of nitrogens with zero attached hydrogens (tertiary/aromatic N) is 2. The molecule has 1 N–H and O–H groups in total. The number of hydrogen-bond donors (Lipinski definition) is 1. The number of methoxy groups -OCH3 is 1. The highest BCUT2D eigenvalue weighted by Crippen LogP contribution is 2.13. The molecule has 0 radical (unpaired) electrons. The van der Waals surface area contributed by atoms with Crippen molar-refractivity contribution in [3.63, 3.8) is 0 Å². The fourth-order valence-corrected chi connectivity index (χ4v) is 2.20. The molecule has 118 valence electrons. The van der Waals surface area contributed by atoms with Gasteiger partial charge in [-0.1, -0.05) is 18.2 Å². The molecule has 0 spiro atoms. The van der Waals surface area contributed by atoms with Gasteiger partial charge in [-0.2, -0.15) is 5.26 Å². The van der Waals surface area contributed by atoms with Gasteiger partial charge in [0.15, 0.2) is 0 Å². The van der Waals surface area contributed by atoms with Gasteiger partial charge in [-0.3, -0.25) is 9.78 Å². The highest BCUT2D eigenvalue weighted by Gasteiger charge is 2.24. The maximum absolute atomic E-state index is 12.3. The predicted molar refractivity (Wildman–Crippen MR) is 84.4 cm³/mol. The topological polar surface area (TPSA) is 92.1 Å². The summed E-state index contributed by atoms with van der Waals surface area (Å²) in [5.74, 6) is -1.38. The number of ether oxygens (including phenoxy) is 1. The molecule has 0 bridgehead atoms.